The zero-order valence-electron chi connectivity index (χ0n) is 8.92. The minimum absolute atomic E-state index is 0.0111. The average Bonchev–Trinajstić information content (AvgIpc) is 2.65. The van der Waals surface area contributed by atoms with Gasteiger partial charge in [0.15, 0.2) is 6.73 Å². The van der Waals surface area contributed by atoms with Crippen molar-refractivity contribution in [2.24, 2.45) is 0 Å². The Labute approximate surface area is 105 Å². The van der Waals surface area contributed by atoms with Crippen LogP contribution >= 0.6 is 11.6 Å². The predicted molar refractivity (Wildman–Crippen MR) is 56.5 cm³/mol. The standard InChI is InChI=1S/C10H8ClF3N2O2/c11-8-2-1-6(3-7(8)10(12,13)14)4-16-5-18-9(17)15-16/h1-3H,4-5H2,(H,15,17). The van der Waals surface area contributed by atoms with Crippen LogP contribution < -0.4 is 5.43 Å². The highest BCUT2D eigenvalue weighted by Crippen LogP contribution is 2.35. The first-order valence-corrected chi connectivity index (χ1v) is 5.28. The van der Waals surface area contributed by atoms with E-state index in [1.165, 1.54) is 17.1 Å². The van der Waals surface area contributed by atoms with Gasteiger partial charge in [0.25, 0.3) is 0 Å². The molecule has 1 aromatic rings. The van der Waals surface area contributed by atoms with Crippen molar-refractivity contribution in [2.75, 3.05) is 6.73 Å². The first-order valence-electron chi connectivity index (χ1n) is 4.90. The normalized spacial score (nSPS) is 16.6. The molecule has 8 heteroatoms. The molecule has 2 rings (SSSR count). The van der Waals surface area contributed by atoms with Crippen LogP contribution in [0.1, 0.15) is 11.1 Å². The Bertz CT molecular complexity index is 479. The number of carbonyl (C=O) groups excluding carboxylic acids is 1. The molecule has 1 fully saturated rings. The maximum atomic E-state index is 12.6. The third-order valence-corrected chi connectivity index (χ3v) is 2.64. The van der Waals surface area contributed by atoms with Crippen LogP contribution in [0.2, 0.25) is 5.02 Å². The Morgan fingerprint density at radius 1 is 1.44 bits per heavy atom. The summed E-state index contributed by atoms with van der Waals surface area (Å²) in [5, 5.41) is 0.999. The van der Waals surface area contributed by atoms with Gasteiger partial charge in [-0.05, 0) is 17.7 Å². The quantitative estimate of drug-likeness (QED) is 0.906. The number of hydrazine groups is 1. The van der Waals surface area contributed by atoms with Crippen molar-refractivity contribution in [1.82, 2.24) is 10.4 Å². The molecule has 18 heavy (non-hydrogen) atoms. The highest BCUT2D eigenvalue weighted by atomic mass is 35.5. The van der Waals surface area contributed by atoms with E-state index in [-0.39, 0.29) is 18.3 Å². The molecule has 0 bridgehead atoms. The first-order chi connectivity index (χ1) is 8.36. The Morgan fingerprint density at radius 3 is 2.72 bits per heavy atom. The van der Waals surface area contributed by atoms with Crippen molar-refractivity contribution >= 4 is 17.7 Å². The Hall–Kier alpha value is -1.47. The van der Waals surface area contributed by atoms with E-state index < -0.39 is 17.8 Å². The number of nitrogens with zero attached hydrogens (tertiary/aromatic N) is 1. The number of ether oxygens (including phenoxy) is 1. The Kier molecular flexibility index (Phi) is 3.36. The van der Waals surface area contributed by atoms with E-state index in [0.29, 0.717) is 5.56 Å². The minimum atomic E-state index is -4.50. The second-order valence-electron chi connectivity index (χ2n) is 3.68. The number of cyclic esters (lactones) is 1. The summed E-state index contributed by atoms with van der Waals surface area (Å²) in [5.41, 5.74) is 1.81. The van der Waals surface area contributed by atoms with Gasteiger partial charge in [0.05, 0.1) is 10.6 Å². The minimum Gasteiger partial charge on any atom is -0.431 e. The van der Waals surface area contributed by atoms with Crippen LogP contribution in [-0.4, -0.2) is 17.8 Å². The van der Waals surface area contributed by atoms with Crippen molar-refractivity contribution in [2.45, 2.75) is 12.7 Å². The van der Waals surface area contributed by atoms with Crippen LogP contribution in [-0.2, 0) is 17.5 Å². The molecule has 1 amide bonds. The molecule has 1 heterocycles. The second-order valence-corrected chi connectivity index (χ2v) is 4.09. The van der Waals surface area contributed by atoms with Gasteiger partial charge in [-0.3, -0.25) is 5.43 Å². The van der Waals surface area contributed by atoms with Crippen LogP contribution in [0.25, 0.3) is 0 Å². The zero-order valence-corrected chi connectivity index (χ0v) is 9.68. The smallest absolute Gasteiger partial charge is 0.423 e. The number of alkyl halides is 3. The van der Waals surface area contributed by atoms with Gasteiger partial charge in [0.2, 0.25) is 0 Å². The maximum Gasteiger partial charge on any atom is 0.423 e. The molecule has 1 aromatic carbocycles. The van der Waals surface area contributed by atoms with Crippen molar-refractivity contribution in [3.05, 3.63) is 34.3 Å². The summed E-state index contributed by atoms with van der Waals surface area (Å²) >= 11 is 5.49. The zero-order chi connectivity index (χ0) is 13.3. The van der Waals surface area contributed by atoms with E-state index in [1.807, 2.05) is 0 Å². The number of halogens is 4. The number of benzene rings is 1. The molecule has 1 N–H and O–H groups in total. The van der Waals surface area contributed by atoms with Gasteiger partial charge in [-0.2, -0.15) is 18.2 Å². The van der Waals surface area contributed by atoms with Crippen LogP contribution in [0.4, 0.5) is 18.0 Å². The van der Waals surface area contributed by atoms with Gasteiger partial charge >= 0.3 is 12.3 Å². The largest absolute Gasteiger partial charge is 0.431 e. The summed E-state index contributed by atoms with van der Waals surface area (Å²) in [7, 11) is 0. The molecule has 1 aliphatic heterocycles. The summed E-state index contributed by atoms with van der Waals surface area (Å²) in [6.07, 6.45) is -5.13. The van der Waals surface area contributed by atoms with Gasteiger partial charge in [0.1, 0.15) is 0 Å². The molecule has 0 spiro atoms. The van der Waals surface area contributed by atoms with Crippen LogP contribution in [0.15, 0.2) is 18.2 Å². The lowest BCUT2D eigenvalue weighted by Crippen LogP contribution is -2.32. The summed E-state index contributed by atoms with van der Waals surface area (Å²) < 4.78 is 42.4. The third kappa shape index (κ3) is 2.85. The lowest BCUT2D eigenvalue weighted by atomic mass is 10.1. The van der Waals surface area contributed by atoms with Crippen LogP contribution in [0.5, 0.6) is 0 Å². The monoisotopic (exact) mass is 280 g/mol. The molecule has 98 valence electrons. The van der Waals surface area contributed by atoms with Crippen molar-refractivity contribution < 1.29 is 22.7 Å². The van der Waals surface area contributed by atoms with Crippen molar-refractivity contribution in [3.63, 3.8) is 0 Å². The van der Waals surface area contributed by atoms with E-state index in [4.69, 9.17) is 11.6 Å². The van der Waals surface area contributed by atoms with E-state index in [9.17, 15) is 18.0 Å². The van der Waals surface area contributed by atoms with Crippen LogP contribution in [0.3, 0.4) is 0 Å². The Balaban J connectivity index is 2.17. The SMILES string of the molecule is O=C1NN(Cc2ccc(Cl)c(C(F)(F)F)c2)CO1. The third-order valence-electron chi connectivity index (χ3n) is 2.31. The molecule has 1 aliphatic rings. The number of nitrogens with one attached hydrogen (secondary N) is 1. The molecular weight excluding hydrogens is 273 g/mol. The molecule has 0 atom stereocenters. The number of hydrogen-bond acceptors (Lipinski definition) is 3. The summed E-state index contributed by atoms with van der Waals surface area (Å²) in [4.78, 5) is 10.7. The summed E-state index contributed by atoms with van der Waals surface area (Å²) in [5.74, 6) is 0. The van der Waals surface area contributed by atoms with Gasteiger partial charge in [-0.25, -0.2) is 4.79 Å². The lowest BCUT2D eigenvalue weighted by molar-refractivity contribution is -0.137. The molecule has 0 unspecified atom stereocenters. The number of carbonyl (C=O) groups is 1. The highest BCUT2D eigenvalue weighted by Gasteiger charge is 2.33. The van der Waals surface area contributed by atoms with Gasteiger partial charge < -0.3 is 4.74 Å². The van der Waals surface area contributed by atoms with Gasteiger partial charge in [0, 0.05) is 6.54 Å². The molecule has 0 aromatic heterocycles. The van der Waals surface area contributed by atoms with Crippen molar-refractivity contribution in [3.8, 4) is 0 Å². The van der Waals surface area contributed by atoms with Crippen LogP contribution in [0, 0.1) is 0 Å². The summed E-state index contributed by atoms with van der Waals surface area (Å²) in [6.45, 7) is 0.0921. The molecule has 0 saturated carbocycles. The molecule has 0 aliphatic carbocycles. The van der Waals surface area contributed by atoms with Crippen molar-refractivity contribution in [1.29, 1.82) is 0 Å². The maximum absolute atomic E-state index is 12.6. The first kappa shape index (κ1) is 13.0. The fourth-order valence-corrected chi connectivity index (χ4v) is 1.75. The molecular formula is C10H8ClF3N2O2. The number of hydrogen-bond donors (Lipinski definition) is 1. The Morgan fingerprint density at radius 2 is 2.17 bits per heavy atom. The van der Waals surface area contributed by atoms with E-state index in [0.717, 1.165) is 6.07 Å². The number of amides is 1. The average molecular weight is 281 g/mol. The molecule has 4 nitrogen and oxygen atoms in total. The van der Waals surface area contributed by atoms with E-state index in [1.54, 1.807) is 0 Å². The van der Waals surface area contributed by atoms with E-state index in [2.05, 4.69) is 10.2 Å². The van der Waals surface area contributed by atoms with E-state index >= 15 is 0 Å². The summed E-state index contributed by atoms with van der Waals surface area (Å²) in [6, 6.07) is 3.59. The highest BCUT2D eigenvalue weighted by molar-refractivity contribution is 6.31. The second kappa shape index (κ2) is 4.66. The van der Waals surface area contributed by atoms with Gasteiger partial charge in [-0.1, -0.05) is 17.7 Å². The lowest BCUT2D eigenvalue weighted by Gasteiger charge is -2.14. The molecule has 0 radical (unpaired) electrons. The number of rotatable bonds is 2. The topological polar surface area (TPSA) is 41.6 Å². The molecule has 1 saturated heterocycles. The van der Waals surface area contributed by atoms with Gasteiger partial charge in [-0.15, -0.1) is 0 Å². The fourth-order valence-electron chi connectivity index (χ4n) is 1.52. The predicted octanol–water partition coefficient (Wildman–Crippen LogP) is 2.77. The fraction of sp³-hybridized carbons (Fsp3) is 0.300.